The third-order valence-electron chi connectivity index (χ3n) is 2.45. The summed E-state index contributed by atoms with van der Waals surface area (Å²) in [6, 6.07) is 3.67. The summed E-state index contributed by atoms with van der Waals surface area (Å²) in [5, 5.41) is 22.4. The van der Waals surface area contributed by atoms with Gasteiger partial charge < -0.3 is 10.4 Å². The highest BCUT2D eigenvalue weighted by atomic mass is 16.6. The van der Waals surface area contributed by atoms with Crippen LogP contribution in [0.15, 0.2) is 30.9 Å². The Labute approximate surface area is 104 Å². The number of carboxylic acid groups (broad SMARTS) is 1. The van der Waals surface area contributed by atoms with Gasteiger partial charge in [0.25, 0.3) is 5.69 Å². The summed E-state index contributed by atoms with van der Waals surface area (Å²) in [6.07, 6.45) is 1.71. The van der Waals surface area contributed by atoms with Gasteiger partial charge in [-0.3, -0.25) is 10.1 Å². The van der Waals surface area contributed by atoms with Crippen molar-refractivity contribution in [1.82, 2.24) is 0 Å². The number of aryl methyl sites for hydroxylation is 1. The molecule has 6 nitrogen and oxygen atoms in total. The number of aliphatic carboxylic acids is 1. The second-order valence-electron chi connectivity index (χ2n) is 3.82. The van der Waals surface area contributed by atoms with Gasteiger partial charge in [0, 0.05) is 17.3 Å². The summed E-state index contributed by atoms with van der Waals surface area (Å²) in [6.45, 7) is 5.10. The summed E-state index contributed by atoms with van der Waals surface area (Å²) in [5.74, 6) is -1.03. The van der Waals surface area contributed by atoms with Crippen molar-refractivity contribution in [2.45, 2.75) is 19.4 Å². The number of nitro benzene ring substituents is 1. The molecule has 1 aromatic rings. The topological polar surface area (TPSA) is 92.5 Å². The molecule has 0 radical (unpaired) electrons. The molecule has 0 amide bonds. The van der Waals surface area contributed by atoms with Gasteiger partial charge in [-0.25, -0.2) is 4.79 Å². The van der Waals surface area contributed by atoms with E-state index in [9.17, 15) is 14.9 Å². The molecule has 1 atom stereocenters. The Morgan fingerprint density at radius 1 is 1.67 bits per heavy atom. The van der Waals surface area contributed by atoms with Crippen LogP contribution in [0.5, 0.6) is 0 Å². The summed E-state index contributed by atoms with van der Waals surface area (Å²) in [5.41, 5.74) is 0.894. The van der Waals surface area contributed by atoms with Crippen LogP contribution in [-0.4, -0.2) is 22.0 Å². The molecule has 0 aliphatic carbocycles. The molecule has 0 aromatic heterocycles. The molecule has 1 rings (SSSR count). The Bertz CT molecular complexity index is 485. The molecule has 2 N–H and O–H groups in total. The van der Waals surface area contributed by atoms with Gasteiger partial charge in [0.1, 0.15) is 6.04 Å². The van der Waals surface area contributed by atoms with Gasteiger partial charge in [0.2, 0.25) is 0 Å². The van der Waals surface area contributed by atoms with E-state index < -0.39 is 16.9 Å². The molecule has 0 saturated carbocycles. The van der Waals surface area contributed by atoms with E-state index in [1.807, 2.05) is 0 Å². The van der Waals surface area contributed by atoms with Crippen molar-refractivity contribution in [2.24, 2.45) is 0 Å². The number of carbonyl (C=O) groups is 1. The maximum absolute atomic E-state index is 10.9. The number of hydrogen-bond donors (Lipinski definition) is 2. The first-order valence-electron chi connectivity index (χ1n) is 5.31. The van der Waals surface area contributed by atoms with Crippen molar-refractivity contribution in [3.05, 3.63) is 46.5 Å². The molecule has 0 bridgehead atoms. The fraction of sp³-hybridized carbons (Fsp3) is 0.250. The summed E-state index contributed by atoms with van der Waals surface area (Å²) < 4.78 is 0. The van der Waals surface area contributed by atoms with Crippen molar-refractivity contribution >= 4 is 17.3 Å². The maximum atomic E-state index is 10.9. The number of hydrogen-bond acceptors (Lipinski definition) is 4. The molecular formula is C12H14N2O4. The van der Waals surface area contributed by atoms with Crippen LogP contribution in [0.25, 0.3) is 0 Å². The molecule has 1 unspecified atom stereocenters. The third-order valence-corrected chi connectivity index (χ3v) is 2.45. The first-order chi connectivity index (χ1) is 8.45. The summed E-state index contributed by atoms with van der Waals surface area (Å²) in [7, 11) is 0. The highest BCUT2D eigenvalue weighted by molar-refractivity contribution is 5.77. The number of benzene rings is 1. The van der Waals surface area contributed by atoms with Crippen LogP contribution in [0.4, 0.5) is 11.4 Å². The van der Waals surface area contributed by atoms with Gasteiger partial charge in [-0.2, -0.15) is 0 Å². The Kier molecular flexibility index (Phi) is 4.42. The first kappa shape index (κ1) is 13.7. The predicted molar refractivity (Wildman–Crippen MR) is 67.7 cm³/mol. The lowest BCUT2D eigenvalue weighted by Crippen LogP contribution is -2.28. The highest BCUT2D eigenvalue weighted by Crippen LogP contribution is 2.23. The number of nitrogens with zero attached hydrogens (tertiary/aromatic N) is 1. The summed E-state index contributed by atoms with van der Waals surface area (Å²) >= 11 is 0. The molecule has 0 spiro atoms. The zero-order valence-electron chi connectivity index (χ0n) is 9.92. The van der Waals surface area contributed by atoms with Crippen LogP contribution >= 0.6 is 0 Å². The molecule has 0 saturated heterocycles. The smallest absolute Gasteiger partial charge is 0.326 e. The van der Waals surface area contributed by atoms with Crippen LogP contribution in [-0.2, 0) is 4.79 Å². The maximum Gasteiger partial charge on any atom is 0.326 e. The Hall–Kier alpha value is -2.37. The molecule has 1 aromatic carbocycles. The lowest BCUT2D eigenvalue weighted by atomic mass is 10.1. The van der Waals surface area contributed by atoms with Crippen molar-refractivity contribution in [3.8, 4) is 0 Å². The highest BCUT2D eigenvalue weighted by Gasteiger charge is 2.17. The third kappa shape index (κ3) is 3.31. The van der Waals surface area contributed by atoms with Crippen molar-refractivity contribution in [1.29, 1.82) is 0 Å². The zero-order chi connectivity index (χ0) is 13.7. The fourth-order valence-electron chi connectivity index (χ4n) is 1.49. The van der Waals surface area contributed by atoms with E-state index in [1.54, 1.807) is 19.1 Å². The van der Waals surface area contributed by atoms with Crippen molar-refractivity contribution < 1.29 is 14.8 Å². The number of carboxylic acids is 1. The molecule has 96 valence electrons. The Morgan fingerprint density at radius 3 is 2.83 bits per heavy atom. The number of nitrogens with one attached hydrogen (secondary N) is 1. The van der Waals surface area contributed by atoms with Gasteiger partial charge in [0.15, 0.2) is 0 Å². The van der Waals surface area contributed by atoms with Crippen LogP contribution in [0.3, 0.4) is 0 Å². The van der Waals surface area contributed by atoms with E-state index in [0.29, 0.717) is 11.3 Å². The zero-order valence-corrected chi connectivity index (χ0v) is 9.92. The monoisotopic (exact) mass is 250 g/mol. The van der Waals surface area contributed by atoms with Crippen LogP contribution in [0, 0.1) is 17.0 Å². The standard InChI is InChI=1S/C12H14N2O4/c1-3-4-10(12(15)16)13-9-6-5-8(2)11(7-9)14(17)18/h3,5-7,10,13H,1,4H2,2H3,(H,15,16). The van der Waals surface area contributed by atoms with Crippen LogP contribution in [0.1, 0.15) is 12.0 Å². The van der Waals surface area contributed by atoms with E-state index in [4.69, 9.17) is 5.11 Å². The fourth-order valence-corrected chi connectivity index (χ4v) is 1.49. The lowest BCUT2D eigenvalue weighted by Gasteiger charge is -2.14. The minimum absolute atomic E-state index is 0.0391. The van der Waals surface area contributed by atoms with Gasteiger partial charge >= 0.3 is 5.97 Å². The van der Waals surface area contributed by atoms with Crippen LogP contribution < -0.4 is 5.32 Å². The van der Waals surface area contributed by atoms with Gasteiger partial charge in [-0.05, 0) is 19.4 Å². The molecule has 0 fully saturated rings. The molecule has 0 aliphatic rings. The quantitative estimate of drug-likeness (QED) is 0.459. The minimum atomic E-state index is -1.03. The van der Waals surface area contributed by atoms with E-state index in [0.717, 1.165) is 0 Å². The molecular weight excluding hydrogens is 236 g/mol. The predicted octanol–water partition coefficient (Wildman–Crippen LogP) is 2.34. The molecule has 0 aliphatic heterocycles. The van der Waals surface area contributed by atoms with E-state index in [1.165, 1.54) is 12.1 Å². The average Bonchev–Trinajstić information content (AvgIpc) is 2.30. The number of nitro groups is 1. The average molecular weight is 250 g/mol. The Morgan fingerprint density at radius 2 is 2.33 bits per heavy atom. The number of anilines is 1. The normalized spacial score (nSPS) is 11.6. The Balaban J connectivity index is 2.96. The summed E-state index contributed by atoms with van der Waals surface area (Å²) in [4.78, 5) is 21.2. The van der Waals surface area contributed by atoms with E-state index >= 15 is 0 Å². The van der Waals surface area contributed by atoms with E-state index in [-0.39, 0.29) is 12.1 Å². The SMILES string of the molecule is C=CCC(Nc1ccc(C)c([N+](=O)[O-])c1)C(=O)O. The second-order valence-corrected chi connectivity index (χ2v) is 3.82. The largest absolute Gasteiger partial charge is 0.480 e. The lowest BCUT2D eigenvalue weighted by molar-refractivity contribution is -0.385. The van der Waals surface area contributed by atoms with Gasteiger partial charge in [0.05, 0.1) is 4.92 Å². The molecule has 18 heavy (non-hydrogen) atoms. The molecule has 0 heterocycles. The molecule has 6 heteroatoms. The van der Waals surface area contributed by atoms with Crippen molar-refractivity contribution in [3.63, 3.8) is 0 Å². The number of rotatable bonds is 6. The second kappa shape index (κ2) is 5.81. The van der Waals surface area contributed by atoms with Gasteiger partial charge in [-0.1, -0.05) is 12.1 Å². The first-order valence-corrected chi connectivity index (χ1v) is 5.31. The van der Waals surface area contributed by atoms with E-state index in [2.05, 4.69) is 11.9 Å². The minimum Gasteiger partial charge on any atom is -0.480 e. The van der Waals surface area contributed by atoms with Gasteiger partial charge in [-0.15, -0.1) is 6.58 Å². The van der Waals surface area contributed by atoms with Crippen LogP contribution in [0.2, 0.25) is 0 Å². The van der Waals surface area contributed by atoms with Crippen molar-refractivity contribution in [2.75, 3.05) is 5.32 Å².